The normalized spacial score (nSPS) is 17.6. The van der Waals surface area contributed by atoms with Crippen molar-refractivity contribution >= 4 is 39.9 Å². The predicted octanol–water partition coefficient (Wildman–Crippen LogP) is 2.70. The maximum absolute atomic E-state index is 11.4. The highest BCUT2D eigenvalue weighted by Crippen LogP contribution is 2.34. The van der Waals surface area contributed by atoms with Crippen LogP contribution in [0.1, 0.15) is 6.42 Å². The standard InChI is InChI=1S/C13H13N3O3S2/c1-18-9-4-2-8(3-5-9)14-12-15-16-13(21-12)20-10-6-7-19-11(10)17/h2-5,10H,6-7H2,1H3,(H,14,15)/t10-/m0/s1. The van der Waals surface area contributed by atoms with Crippen LogP contribution in [-0.2, 0) is 9.53 Å². The van der Waals surface area contributed by atoms with Crippen LogP contribution in [0.25, 0.3) is 0 Å². The molecule has 0 amide bonds. The number of aromatic nitrogens is 2. The van der Waals surface area contributed by atoms with E-state index >= 15 is 0 Å². The Kier molecular flexibility index (Phi) is 4.26. The van der Waals surface area contributed by atoms with Crippen molar-refractivity contribution in [3.8, 4) is 5.75 Å². The fourth-order valence-corrected chi connectivity index (χ4v) is 3.80. The minimum atomic E-state index is -0.167. The van der Waals surface area contributed by atoms with Crippen molar-refractivity contribution in [2.24, 2.45) is 0 Å². The summed E-state index contributed by atoms with van der Waals surface area (Å²) >= 11 is 2.82. The zero-order valence-corrected chi connectivity index (χ0v) is 12.9. The van der Waals surface area contributed by atoms with E-state index in [1.807, 2.05) is 24.3 Å². The first kappa shape index (κ1) is 14.2. The lowest BCUT2D eigenvalue weighted by molar-refractivity contribution is -0.137. The third-order valence-electron chi connectivity index (χ3n) is 2.88. The third-order valence-corrected chi connectivity index (χ3v) is 5.05. The number of rotatable bonds is 5. The molecule has 1 aromatic heterocycles. The minimum absolute atomic E-state index is 0.160. The molecule has 1 atom stereocenters. The van der Waals surface area contributed by atoms with E-state index in [1.165, 1.54) is 23.1 Å². The van der Waals surface area contributed by atoms with Gasteiger partial charge in [-0.1, -0.05) is 23.1 Å². The van der Waals surface area contributed by atoms with Crippen LogP contribution in [0.5, 0.6) is 5.75 Å². The lowest BCUT2D eigenvalue weighted by Crippen LogP contribution is -2.08. The average molecular weight is 323 g/mol. The summed E-state index contributed by atoms with van der Waals surface area (Å²) in [5.74, 6) is 0.633. The number of methoxy groups -OCH3 is 1. The van der Waals surface area contributed by atoms with Crippen molar-refractivity contribution in [2.75, 3.05) is 19.0 Å². The Balaban J connectivity index is 1.62. The molecule has 0 aliphatic carbocycles. The van der Waals surface area contributed by atoms with Gasteiger partial charge in [0.1, 0.15) is 11.0 Å². The highest BCUT2D eigenvalue weighted by molar-refractivity contribution is 8.02. The van der Waals surface area contributed by atoms with Gasteiger partial charge < -0.3 is 14.8 Å². The zero-order chi connectivity index (χ0) is 14.7. The van der Waals surface area contributed by atoms with E-state index in [2.05, 4.69) is 15.5 Å². The van der Waals surface area contributed by atoms with Crippen LogP contribution < -0.4 is 10.1 Å². The number of esters is 1. The van der Waals surface area contributed by atoms with E-state index in [4.69, 9.17) is 9.47 Å². The second-order valence-corrected chi connectivity index (χ2v) is 6.72. The number of cyclic esters (lactones) is 1. The number of nitrogens with one attached hydrogen (secondary N) is 1. The summed E-state index contributed by atoms with van der Waals surface area (Å²) in [6.07, 6.45) is 0.727. The molecule has 0 radical (unpaired) electrons. The van der Waals surface area contributed by atoms with Crippen LogP contribution >= 0.6 is 23.1 Å². The fourth-order valence-electron chi connectivity index (χ4n) is 1.81. The molecule has 1 aliphatic heterocycles. The van der Waals surface area contributed by atoms with Gasteiger partial charge in [-0.05, 0) is 24.3 Å². The lowest BCUT2D eigenvalue weighted by atomic mass is 10.3. The van der Waals surface area contributed by atoms with Crippen LogP contribution in [0.2, 0.25) is 0 Å². The van der Waals surface area contributed by atoms with Crippen LogP contribution in [-0.4, -0.2) is 35.1 Å². The maximum atomic E-state index is 11.4. The fraction of sp³-hybridized carbons (Fsp3) is 0.308. The number of hydrogen-bond donors (Lipinski definition) is 1. The van der Waals surface area contributed by atoms with Crippen molar-refractivity contribution in [3.63, 3.8) is 0 Å². The molecule has 110 valence electrons. The highest BCUT2D eigenvalue weighted by Gasteiger charge is 2.28. The van der Waals surface area contributed by atoms with E-state index in [1.54, 1.807) is 7.11 Å². The summed E-state index contributed by atoms with van der Waals surface area (Å²) < 4.78 is 10.8. The summed E-state index contributed by atoms with van der Waals surface area (Å²) in [6.45, 7) is 0.492. The Labute approximate surface area is 129 Å². The number of carbonyl (C=O) groups is 1. The Morgan fingerprint density at radius 1 is 1.38 bits per heavy atom. The quantitative estimate of drug-likeness (QED) is 0.848. The molecule has 8 heteroatoms. The molecule has 1 fully saturated rings. The van der Waals surface area contributed by atoms with Gasteiger partial charge in [0, 0.05) is 12.1 Å². The van der Waals surface area contributed by atoms with Gasteiger partial charge in [0.2, 0.25) is 5.13 Å². The summed E-state index contributed by atoms with van der Waals surface area (Å²) in [6, 6.07) is 7.55. The summed E-state index contributed by atoms with van der Waals surface area (Å²) in [7, 11) is 1.63. The highest BCUT2D eigenvalue weighted by atomic mass is 32.2. The Morgan fingerprint density at radius 2 is 2.19 bits per heavy atom. The van der Waals surface area contributed by atoms with Gasteiger partial charge in [-0.15, -0.1) is 10.2 Å². The molecule has 1 aliphatic rings. The Bertz CT molecular complexity index is 630. The molecule has 0 spiro atoms. The number of benzene rings is 1. The van der Waals surface area contributed by atoms with Gasteiger partial charge in [-0.3, -0.25) is 4.79 Å². The van der Waals surface area contributed by atoms with Crippen molar-refractivity contribution < 1.29 is 14.3 Å². The lowest BCUT2D eigenvalue weighted by Gasteiger charge is -2.03. The molecule has 0 saturated carbocycles. The number of hydrogen-bond acceptors (Lipinski definition) is 8. The van der Waals surface area contributed by atoms with Crippen LogP contribution in [0.15, 0.2) is 28.6 Å². The molecular weight excluding hydrogens is 310 g/mol. The van der Waals surface area contributed by atoms with Gasteiger partial charge in [-0.2, -0.15) is 0 Å². The van der Waals surface area contributed by atoms with E-state index in [-0.39, 0.29) is 11.2 Å². The second kappa shape index (κ2) is 6.31. The monoisotopic (exact) mass is 323 g/mol. The van der Waals surface area contributed by atoms with Crippen molar-refractivity contribution in [1.82, 2.24) is 10.2 Å². The Morgan fingerprint density at radius 3 is 2.86 bits per heavy atom. The first-order chi connectivity index (χ1) is 10.2. The van der Waals surface area contributed by atoms with E-state index < -0.39 is 0 Å². The number of carbonyl (C=O) groups excluding carboxylic acids is 1. The number of thioether (sulfide) groups is 1. The number of ether oxygens (including phenoxy) is 2. The molecule has 1 saturated heterocycles. The van der Waals surface area contributed by atoms with Gasteiger partial charge >= 0.3 is 5.97 Å². The molecule has 0 bridgehead atoms. The third kappa shape index (κ3) is 3.45. The van der Waals surface area contributed by atoms with Crippen molar-refractivity contribution in [3.05, 3.63) is 24.3 Å². The maximum Gasteiger partial charge on any atom is 0.319 e. The van der Waals surface area contributed by atoms with E-state index in [0.29, 0.717) is 11.7 Å². The first-order valence-electron chi connectivity index (χ1n) is 6.32. The van der Waals surface area contributed by atoms with Crippen LogP contribution in [0.4, 0.5) is 10.8 Å². The average Bonchev–Trinajstić information content (AvgIpc) is 3.10. The second-order valence-electron chi connectivity index (χ2n) is 4.29. The molecule has 1 N–H and O–H groups in total. The summed E-state index contributed by atoms with van der Waals surface area (Å²) in [5, 5.41) is 11.9. The molecule has 21 heavy (non-hydrogen) atoms. The van der Waals surface area contributed by atoms with E-state index in [9.17, 15) is 4.79 Å². The molecule has 1 aromatic carbocycles. The van der Waals surface area contributed by atoms with Gasteiger partial charge in [-0.25, -0.2) is 0 Å². The molecule has 2 aromatic rings. The van der Waals surface area contributed by atoms with Crippen molar-refractivity contribution in [1.29, 1.82) is 0 Å². The van der Waals surface area contributed by atoms with Gasteiger partial charge in [0.25, 0.3) is 0 Å². The van der Waals surface area contributed by atoms with Gasteiger partial charge in [0.05, 0.1) is 13.7 Å². The number of nitrogens with zero attached hydrogens (tertiary/aromatic N) is 2. The van der Waals surface area contributed by atoms with Crippen LogP contribution in [0.3, 0.4) is 0 Å². The SMILES string of the molecule is COc1ccc(Nc2nnc(S[C@H]3CCOC3=O)s2)cc1. The first-order valence-corrected chi connectivity index (χ1v) is 8.02. The van der Waals surface area contributed by atoms with Crippen molar-refractivity contribution in [2.45, 2.75) is 16.0 Å². The van der Waals surface area contributed by atoms with Crippen LogP contribution in [0, 0.1) is 0 Å². The molecule has 6 nitrogen and oxygen atoms in total. The summed E-state index contributed by atoms with van der Waals surface area (Å²) in [5.41, 5.74) is 0.906. The molecule has 2 heterocycles. The largest absolute Gasteiger partial charge is 0.497 e. The molecular formula is C13H13N3O3S2. The smallest absolute Gasteiger partial charge is 0.319 e. The summed E-state index contributed by atoms with van der Waals surface area (Å²) in [4.78, 5) is 11.4. The zero-order valence-electron chi connectivity index (χ0n) is 11.2. The number of anilines is 2. The Hall–Kier alpha value is -1.80. The molecule has 3 rings (SSSR count). The minimum Gasteiger partial charge on any atom is -0.497 e. The van der Waals surface area contributed by atoms with E-state index in [0.717, 1.165) is 22.2 Å². The van der Waals surface area contributed by atoms with Gasteiger partial charge in [0.15, 0.2) is 4.34 Å². The molecule has 0 unspecified atom stereocenters. The predicted molar refractivity (Wildman–Crippen MR) is 81.4 cm³/mol. The topological polar surface area (TPSA) is 73.3 Å².